The molecule has 1 aromatic rings. The van der Waals surface area contributed by atoms with Gasteiger partial charge in [-0.25, -0.2) is 0 Å². The summed E-state index contributed by atoms with van der Waals surface area (Å²) in [5.74, 6) is -0.118. The molecule has 0 spiro atoms. The molecule has 0 aliphatic carbocycles. The monoisotopic (exact) mass is 321 g/mol. The molecule has 0 saturated carbocycles. The van der Waals surface area contributed by atoms with E-state index in [4.69, 9.17) is 0 Å². The smallest absolute Gasteiger partial charge is 0.225 e. The first-order valence-electron chi connectivity index (χ1n) is 7.94. The van der Waals surface area contributed by atoms with Crippen LogP contribution >= 0.6 is 11.3 Å². The van der Waals surface area contributed by atoms with E-state index in [2.05, 4.69) is 27.7 Å². The Labute approximate surface area is 135 Å². The van der Waals surface area contributed by atoms with E-state index >= 15 is 0 Å². The Morgan fingerprint density at radius 1 is 1.45 bits per heavy atom. The Bertz CT molecular complexity index is 526. The molecule has 5 nitrogen and oxygen atoms in total. The van der Waals surface area contributed by atoms with Gasteiger partial charge >= 0.3 is 0 Å². The van der Waals surface area contributed by atoms with Gasteiger partial charge in [0.1, 0.15) is 0 Å². The highest BCUT2D eigenvalue weighted by Gasteiger charge is 2.33. The summed E-state index contributed by atoms with van der Waals surface area (Å²) in [7, 11) is 1.76. The first kappa shape index (κ1) is 15.5. The molecule has 2 amide bonds. The van der Waals surface area contributed by atoms with Crippen LogP contribution in [0.4, 0.5) is 0 Å². The summed E-state index contributed by atoms with van der Waals surface area (Å²) in [5.41, 5.74) is 0. The Morgan fingerprint density at radius 2 is 2.23 bits per heavy atom. The third kappa shape index (κ3) is 3.33. The van der Waals surface area contributed by atoms with Crippen LogP contribution in [0.3, 0.4) is 0 Å². The van der Waals surface area contributed by atoms with Gasteiger partial charge in [0.15, 0.2) is 0 Å². The maximum absolute atomic E-state index is 12.3. The standard InChI is InChI=1S/C16H23N3O2S/c1-18-11-12(9-15(18)20)16(21)17-10-13(14-5-4-8-22-14)19-6-2-3-7-19/h4-5,8,12-13H,2-3,6-7,9-11H2,1H3,(H,17,21)/t12-,13-/m0/s1. The summed E-state index contributed by atoms with van der Waals surface area (Å²) in [4.78, 5) is 29.3. The topological polar surface area (TPSA) is 52.7 Å². The van der Waals surface area contributed by atoms with Gasteiger partial charge in [-0.05, 0) is 37.4 Å². The molecule has 2 atom stereocenters. The zero-order valence-corrected chi connectivity index (χ0v) is 13.8. The highest BCUT2D eigenvalue weighted by atomic mass is 32.1. The van der Waals surface area contributed by atoms with Crippen LogP contribution < -0.4 is 5.32 Å². The molecule has 2 aliphatic heterocycles. The van der Waals surface area contributed by atoms with E-state index < -0.39 is 0 Å². The molecule has 22 heavy (non-hydrogen) atoms. The fourth-order valence-electron chi connectivity index (χ4n) is 3.32. The molecular formula is C16H23N3O2S. The SMILES string of the molecule is CN1C[C@@H](C(=O)NC[C@@H](c2cccs2)N2CCCC2)CC1=O. The predicted octanol–water partition coefficient (Wildman–Crippen LogP) is 1.48. The van der Waals surface area contributed by atoms with E-state index in [1.165, 1.54) is 17.7 Å². The van der Waals surface area contributed by atoms with Gasteiger partial charge in [0.25, 0.3) is 0 Å². The van der Waals surface area contributed by atoms with Crippen molar-refractivity contribution >= 4 is 23.2 Å². The van der Waals surface area contributed by atoms with Crippen molar-refractivity contribution in [1.82, 2.24) is 15.1 Å². The van der Waals surface area contributed by atoms with Crippen LogP contribution in [0.2, 0.25) is 0 Å². The summed E-state index contributed by atoms with van der Waals surface area (Å²) in [5, 5.41) is 5.17. The van der Waals surface area contributed by atoms with Crippen molar-refractivity contribution in [2.24, 2.45) is 5.92 Å². The van der Waals surface area contributed by atoms with Gasteiger partial charge in [-0.3, -0.25) is 14.5 Å². The van der Waals surface area contributed by atoms with E-state index in [-0.39, 0.29) is 23.8 Å². The molecule has 0 radical (unpaired) electrons. The number of amides is 2. The minimum atomic E-state index is -0.194. The Kier molecular flexibility index (Phi) is 4.78. The van der Waals surface area contributed by atoms with Crippen molar-refractivity contribution in [3.05, 3.63) is 22.4 Å². The molecule has 0 aromatic carbocycles. The summed E-state index contributed by atoms with van der Waals surface area (Å²) in [6, 6.07) is 4.48. The number of nitrogens with zero attached hydrogens (tertiary/aromatic N) is 2. The lowest BCUT2D eigenvalue weighted by Crippen LogP contribution is -2.39. The molecule has 2 saturated heterocycles. The van der Waals surface area contributed by atoms with E-state index in [1.807, 2.05) is 0 Å². The molecule has 1 aromatic heterocycles. The molecule has 2 fully saturated rings. The van der Waals surface area contributed by atoms with Crippen LogP contribution in [-0.2, 0) is 9.59 Å². The maximum Gasteiger partial charge on any atom is 0.225 e. The first-order chi connectivity index (χ1) is 10.6. The Morgan fingerprint density at radius 3 is 2.82 bits per heavy atom. The van der Waals surface area contributed by atoms with E-state index in [0.29, 0.717) is 19.5 Å². The average molecular weight is 321 g/mol. The third-order valence-corrected chi connectivity index (χ3v) is 5.61. The fourth-order valence-corrected chi connectivity index (χ4v) is 4.19. The molecule has 0 bridgehead atoms. The summed E-state index contributed by atoms with van der Waals surface area (Å²) >= 11 is 1.75. The number of hydrogen-bond acceptors (Lipinski definition) is 4. The summed E-state index contributed by atoms with van der Waals surface area (Å²) in [6.45, 7) is 3.37. The number of likely N-dealkylation sites (tertiary alicyclic amines) is 2. The van der Waals surface area contributed by atoms with Crippen molar-refractivity contribution in [2.45, 2.75) is 25.3 Å². The number of nitrogens with one attached hydrogen (secondary N) is 1. The number of thiophene rings is 1. The van der Waals surface area contributed by atoms with Crippen molar-refractivity contribution in [3.63, 3.8) is 0 Å². The number of hydrogen-bond donors (Lipinski definition) is 1. The summed E-state index contributed by atoms with van der Waals surface area (Å²) in [6.07, 6.45) is 2.81. The van der Waals surface area contributed by atoms with Crippen molar-refractivity contribution in [1.29, 1.82) is 0 Å². The minimum Gasteiger partial charge on any atom is -0.354 e. The maximum atomic E-state index is 12.3. The normalized spacial score (nSPS) is 24.0. The molecule has 2 aliphatic rings. The zero-order valence-electron chi connectivity index (χ0n) is 13.0. The van der Waals surface area contributed by atoms with Gasteiger partial charge in [-0.2, -0.15) is 0 Å². The van der Waals surface area contributed by atoms with Gasteiger partial charge in [0.05, 0.1) is 12.0 Å². The van der Waals surface area contributed by atoms with E-state index in [1.54, 1.807) is 23.3 Å². The highest BCUT2D eigenvalue weighted by Crippen LogP contribution is 2.28. The largest absolute Gasteiger partial charge is 0.354 e. The second-order valence-corrected chi connectivity index (χ2v) is 7.17. The lowest BCUT2D eigenvalue weighted by molar-refractivity contribution is -0.128. The van der Waals surface area contributed by atoms with Gasteiger partial charge in [-0.15, -0.1) is 11.3 Å². The van der Waals surface area contributed by atoms with Gasteiger partial charge < -0.3 is 10.2 Å². The Balaban J connectivity index is 1.59. The number of rotatable bonds is 5. The predicted molar refractivity (Wildman–Crippen MR) is 86.6 cm³/mol. The second-order valence-electron chi connectivity index (χ2n) is 6.19. The molecule has 3 heterocycles. The lowest BCUT2D eigenvalue weighted by Gasteiger charge is -2.27. The van der Waals surface area contributed by atoms with E-state index in [0.717, 1.165) is 13.1 Å². The third-order valence-electron chi connectivity index (χ3n) is 4.63. The van der Waals surface area contributed by atoms with Gasteiger partial charge in [0.2, 0.25) is 11.8 Å². The van der Waals surface area contributed by atoms with Crippen LogP contribution in [0.15, 0.2) is 17.5 Å². The number of carbonyl (C=O) groups is 2. The minimum absolute atomic E-state index is 0.0125. The fraction of sp³-hybridized carbons (Fsp3) is 0.625. The van der Waals surface area contributed by atoms with Crippen LogP contribution in [0.25, 0.3) is 0 Å². The highest BCUT2D eigenvalue weighted by molar-refractivity contribution is 7.10. The van der Waals surface area contributed by atoms with Crippen LogP contribution in [0.5, 0.6) is 0 Å². The lowest BCUT2D eigenvalue weighted by atomic mass is 10.1. The van der Waals surface area contributed by atoms with Crippen LogP contribution in [0.1, 0.15) is 30.2 Å². The number of carbonyl (C=O) groups excluding carboxylic acids is 2. The van der Waals surface area contributed by atoms with Crippen molar-refractivity contribution in [3.8, 4) is 0 Å². The molecule has 0 unspecified atom stereocenters. The van der Waals surface area contributed by atoms with Crippen LogP contribution in [0, 0.1) is 5.92 Å². The van der Waals surface area contributed by atoms with Gasteiger partial charge in [-0.1, -0.05) is 6.07 Å². The Hall–Kier alpha value is -1.40. The molecule has 6 heteroatoms. The zero-order chi connectivity index (χ0) is 15.5. The molecule has 120 valence electrons. The van der Waals surface area contributed by atoms with Gasteiger partial charge in [0, 0.05) is 31.4 Å². The molecule has 3 rings (SSSR count). The van der Waals surface area contributed by atoms with E-state index in [9.17, 15) is 9.59 Å². The average Bonchev–Trinajstić information content (AvgIpc) is 3.23. The first-order valence-corrected chi connectivity index (χ1v) is 8.82. The van der Waals surface area contributed by atoms with Crippen molar-refractivity contribution in [2.75, 3.05) is 33.2 Å². The quantitative estimate of drug-likeness (QED) is 0.894. The molecular weight excluding hydrogens is 298 g/mol. The van der Waals surface area contributed by atoms with Crippen molar-refractivity contribution < 1.29 is 9.59 Å². The van der Waals surface area contributed by atoms with Crippen LogP contribution in [-0.4, -0.2) is 54.8 Å². The molecule has 1 N–H and O–H groups in total. The summed E-state index contributed by atoms with van der Waals surface area (Å²) < 4.78 is 0. The second kappa shape index (κ2) is 6.79.